The van der Waals surface area contributed by atoms with Crippen molar-refractivity contribution in [3.63, 3.8) is 0 Å². The van der Waals surface area contributed by atoms with Crippen LogP contribution in [0.25, 0.3) is 0 Å². The topological polar surface area (TPSA) is 93.0 Å². The van der Waals surface area contributed by atoms with Crippen LogP contribution in [0.4, 0.5) is 5.82 Å². The van der Waals surface area contributed by atoms with E-state index in [0.717, 1.165) is 75.6 Å². The summed E-state index contributed by atoms with van der Waals surface area (Å²) in [7, 11) is -3.47. The number of hydrogen-bond donors (Lipinski definition) is 1. The third-order valence-electron chi connectivity index (χ3n) is 6.04. The van der Waals surface area contributed by atoms with E-state index in [2.05, 4.69) is 29.4 Å². The SMILES string of the molecule is O=S(=O)(NCC1CC1)c1ccc(N2CCCC(c3nnc4n3CCC4)C2)nc1. The number of piperidine rings is 1. The Morgan fingerprint density at radius 2 is 2.00 bits per heavy atom. The lowest BCUT2D eigenvalue weighted by atomic mass is 9.97. The van der Waals surface area contributed by atoms with Crippen molar-refractivity contribution in [3.05, 3.63) is 30.0 Å². The van der Waals surface area contributed by atoms with Crippen molar-refractivity contribution in [1.82, 2.24) is 24.5 Å². The number of rotatable bonds is 6. The Kier molecular flexibility index (Phi) is 4.59. The second-order valence-electron chi connectivity index (χ2n) is 8.16. The first-order valence-electron chi connectivity index (χ1n) is 10.2. The lowest BCUT2D eigenvalue weighted by Gasteiger charge is -2.33. The molecule has 0 bridgehead atoms. The zero-order chi connectivity index (χ0) is 19.1. The van der Waals surface area contributed by atoms with Crippen LogP contribution in [0.15, 0.2) is 23.2 Å². The molecule has 1 saturated carbocycles. The largest absolute Gasteiger partial charge is 0.356 e. The maximum atomic E-state index is 12.4. The summed E-state index contributed by atoms with van der Waals surface area (Å²) in [5.74, 6) is 3.88. The summed E-state index contributed by atoms with van der Waals surface area (Å²) < 4.78 is 29.7. The summed E-state index contributed by atoms with van der Waals surface area (Å²) >= 11 is 0. The van der Waals surface area contributed by atoms with Gasteiger partial charge in [-0.3, -0.25) is 0 Å². The van der Waals surface area contributed by atoms with Crippen molar-refractivity contribution in [2.45, 2.75) is 55.9 Å². The van der Waals surface area contributed by atoms with E-state index in [0.29, 0.717) is 18.4 Å². The zero-order valence-electron chi connectivity index (χ0n) is 15.9. The molecule has 0 radical (unpaired) electrons. The van der Waals surface area contributed by atoms with Crippen LogP contribution in [0.2, 0.25) is 0 Å². The number of hydrogen-bond acceptors (Lipinski definition) is 6. The number of nitrogens with one attached hydrogen (secondary N) is 1. The van der Waals surface area contributed by atoms with Crippen molar-refractivity contribution < 1.29 is 8.42 Å². The highest BCUT2D eigenvalue weighted by atomic mass is 32.2. The third kappa shape index (κ3) is 3.53. The van der Waals surface area contributed by atoms with Gasteiger partial charge in [0.2, 0.25) is 10.0 Å². The molecule has 1 aliphatic carbocycles. The maximum absolute atomic E-state index is 12.4. The molecule has 2 aliphatic heterocycles. The van der Waals surface area contributed by atoms with E-state index in [-0.39, 0.29) is 4.90 Å². The minimum Gasteiger partial charge on any atom is -0.356 e. The van der Waals surface area contributed by atoms with Gasteiger partial charge in [-0.1, -0.05) is 0 Å². The highest BCUT2D eigenvalue weighted by Crippen LogP contribution is 2.31. The number of aromatic nitrogens is 4. The predicted octanol–water partition coefficient (Wildman–Crippen LogP) is 1.69. The van der Waals surface area contributed by atoms with E-state index in [1.807, 2.05) is 6.07 Å². The Balaban J connectivity index is 1.29. The van der Waals surface area contributed by atoms with Crippen LogP contribution in [0, 0.1) is 5.92 Å². The quantitative estimate of drug-likeness (QED) is 0.790. The Labute approximate surface area is 165 Å². The van der Waals surface area contributed by atoms with Gasteiger partial charge in [0.05, 0.1) is 0 Å². The Hall–Kier alpha value is -2.00. The van der Waals surface area contributed by atoms with Crippen LogP contribution in [-0.2, 0) is 23.0 Å². The average molecular weight is 403 g/mol. The van der Waals surface area contributed by atoms with E-state index in [1.165, 1.54) is 6.20 Å². The maximum Gasteiger partial charge on any atom is 0.242 e. The summed E-state index contributed by atoms with van der Waals surface area (Å²) in [4.78, 5) is 6.94. The smallest absolute Gasteiger partial charge is 0.242 e. The minimum absolute atomic E-state index is 0.237. The van der Waals surface area contributed by atoms with E-state index in [1.54, 1.807) is 6.07 Å². The molecule has 2 fully saturated rings. The normalized spacial score (nSPS) is 22.4. The monoisotopic (exact) mass is 402 g/mol. The molecule has 2 aromatic rings. The molecule has 9 heteroatoms. The zero-order valence-corrected chi connectivity index (χ0v) is 16.7. The first-order chi connectivity index (χ1) is 13.6. The van der Waals surface area contributed by atoms with Gasteiger partial charge in [-0.25, -0.2) is 18.1 Å². The summed E-state index contributed by atoms with van der Waals surface area (Å²) in [5.41, 5.74) is 0. The molecular weight excluding hydrogens is 376 g/mol. The van der Waals surface area contributed by atoms with Crippen molar-refractivity contribution in [1.29, 1.82) is 0 Å². The van der Waals surface area contributed by atoms with Crippen LogP contribution in [-0.4, -0.2) is 47.8 Å². The van der Waals surface area contributed by atoms with Crippen molar-refractivity contribution in [2.75, 3.05) is 24.5 Å². The number of aryl methyl sites for hydroxylation is 1. The van der Waals surface area contributed by atoms with Gasteiger partial charge in [0.25, 0.3) is 0 Å². The average Bonchev–Trinajstić information content (AvgIpc) is 3.29. The second kappa shape index (κ2) is 7.11. The summed E-state index contributed by atoms with van der Waals surface area (Å²) in [6, 6.07) is 3.48. The first kappa shape index (κ1) is 18.1. The number of nitrogens with zero attached hydrogens (tertiary/aromatic N) is 5. The van der Waals surface area contributed by atoms with Gasteiger partial charge >= 0.3 is 0 Å². The van der Waals surface area contributed by atoms with Gasteiger partial charge in [0, 0.05) is 44.7 Å². The van der Waals surface area contributed by atoms with E-state index < -0.39 is 10.0 Å². The number of pyridine rings is 1. The van der Waals surface area contributed by atoms with Crippen LogP contribution in [0.3, 0.4) is 0 Å². The molecule has 2 aromatic heterocycles. The van der Waals surface area contributed by atoms with Crippen molar-refractivity contribution in [3.8, 4) is 0 Å². The fraction of sp³-hybridized carbons (Fsp3) is 0.632. The number of fused-ring (bicyclic) bond motifs is 1. The molecule has 4 heterocycles. The molecule has 1 N–H and O–H groups in total. The minimum atomic E-state index is -3.47. The van der Waals surface area contributed by atoms with Gasteiger partial charge in [-0.05, 0) is 50.2 Å². The highest BCUT2D eigenvalue weighted by Gasteiger charge is 2.29. The molecule has 150 valence electrons. The lowest BCUT2D eigenvalue weighted by molar-refractivity contribution is 0.471. The molecule has 1 saturated heterocycles. The summed E-state index contributed by atoms with van der Waals surface area (Å²) in [5, 5.41) is 8.80. The van der Waals surface area contributed by atoms with Gasteiger partial charge in [0.15, 0.2) is 0 Å². The molecule has 0 aromatic carbocycles. The van der Waals surface area contributed by atoms with E-state index in [9.17, 15) is 8.42 Å². The summed E-state index contributed by atoms with van der Waals surface area (Å²) in [6.07, 6.45) is 8.05. The van der Waals surface area contributed by atoms with Crippen LogP contribution >= 0.6 is 0 Å². The second-order valence-corrected chi connectivity index (χ2v) is 9.93. The molecule has 0 amide bonds. The van der Waals surface area contributed by atoms with Crippen molar-refractivity contribution in [2.24, 2.45) is 5.92 Å². The highest BCUT2D eigenvalue weighted by molar-refractivity contribution is 7.89. The van der Waals surface area contributed by atoms with Gasteiger partial charge in [0.1, 0.15) is 22.4 Å². The predicted molar refractivity (Wildman–Crippen MR) is 105 cm³/mol. The summed E-state index contributed by atoms with van der Waals surface area (Å²) in [6.45, 7) is 3.32. The van der Waals surface area contributed by atoms with Crippen LogP contribution in [0.5, 0.6) is 0 Å². The first-order valence-corrected chi connectivity index (χ1v) is 11.7. The Bertz CT molecular complexity index is 951. The molecule has 5 rings (SSSR count). The molecule has 0 spiro atoms. The van der Waals surface area contributed by atoms with Crippen LogP contribution in [0.1, 0.15) is 49.7 Å². The Morgan fingerprint density at radius 3 is 2.79 bits per heavy atom. The molecule has 28 heavy (non-hydrogen) atoms. The third-order valence-corrected chi connectivity index (χ3v) is 7.45. The fourth-order valence-corrected chi connectivity index (χ4v) is 5.28. The van der Waals surface area contributed by atoms with E-state index >= 15 is 0 Å². The Morgan fingerprint density at radius 1 is 1.11 bits per heavy atom. The van der Waals surface area contributed by atoms with Crippen LogP contribution < -0.4 is 9.62 Å². The molecule has 1 unspecified atom stereocenters. The number of anilines is 1. The fourth-order valence-electron chi connectivity index (χ4n) is 4.22. The lowest BCUT2D eigenvalue weighted by Crippen LogP contribution is -2.36. The molecular formula is C19H26N6O2S. The van der Waals surface area contributed by atoms with Crippen molar-refractivity contribution >= 4 is 15.8 Å². The molecule has 1 atom stereocenters. The van der Waals surface area contributed by atoms with Gasteiger partial charge in [-0.15, -0.1) is 10.2 Å². The van der Waals surface area contributed by atoms with E-state index in [4.69, 9.17) is 0 Å². The number of sulfonamides is 1. The van der Waals surface area contributed by atoms with Gasteiger partial charge < -0.3 is 9.47 Å². The molecule has 8 nitrogen and oxygen atoms in total. The molecule has 3 aliphatic rings. The standard InChI is InChI=1S/C19H26N6O2S/c26-28(27,21-11-14-5-6-14)16-7-8-17(20-12-16)24-9-1-3-15(13-24)19-23-22-18-4-2-10-25(18)19/h7-8,12,14-15,21H,1-6,9-11,13H2. The van der Waals surface area contributed by atoms with Gasteiger partial charge in [-0.2, -0.15) is 0 Å².